The number of nitrogens with one attached hydrogen (secondary N) is 2. The standard InChI is InChI=1S/C48H53FN4O9S/c1-31(33-9-7-32(29-50)8-10-33)51-46(56)40-6-5-21-53(40)47(57)45(48(2,3)4)52-42(55)30-60-25-24-58-22-23-59-26-27-61-37-16-18-38(19-17-37)62-43-39-20-15-36(54)28-41(39)63-44(43)34-11-13-35(49)14-12-34/h7-20,28,31,40,45,54H,5-6,21-27,30H2,1-4H3,(H,51,56)(H,52,55)/t31-,40-,45?/m0/s1. The van der Waals surface area contributed by atoms with Crippen LogP contribution in [0.2, 0.25) is 0 Å². The molecule has 0 radical (unpaired) electrons. The Morgan fingerprint density at radius 1 is 0.873 bits per heavy atom. The number of benzene rings is 4. The Morgan fingerprint density at radius 3 is 2.19 bits per heavy atom. The molecule has 15 heteroatoms. The van der Waals surface area contributed by atoms with Gasteiger partial charge in [0.05, 0.1) is 55.6 Å². The van der Waals surface area contributed by atoms with Gasteiger partial charge < -0.3 is 44.3 Å². The minimum atomic E-state index is -0.873. The zero-order valence-electron chi connectivity index (χ0n) is 35.9. The van der Waals surface area contributed by atoms with Crippen molar-refractivity contribution < 1.29 is 47.6 Å². The lowest BCUT2D eigenvalue weighted by molar-refractivity contribution is -0.144. The Hall–Kier alpha value is -6.05. The van der Waals surface area contributed by atoms with E-state index in [4.69, 9.17) is 28.9 Å². The van der Waals surface area contributed by atoms with Gasteiger partial charge in [0, 0.05) is 16.6 Å². The van der Waals surface area contributed by atoms with Crippen molar-refractivity contribution in [2.24, 2.45) is 5.41 Å². The predicted molar refractivity (Wildman–Crippen MR) is 237 cm³/mol. The van der Waals surface area contributed by atoms with Gasteiger partial charge in [0.2, 0.25) is 17.7 Å². The highest BCUT2D eigenvalue weighted by atomic mass is 32.1. The molecule has 0 aliphatic carbocycles. The third-order valence-electron chi connectivity index (χ3n) is 10.4. The largest absolute Gasteiger partial charge is 0.508 e. The van der Waals surface area contributed by atoms with Crippen molar-refractivity contribution in [3.05, 3.63) is 108 Å². The summed E-state index contributed by atoms with van der Waals surface area (Å²) in [5.74, 6) is 0.631. The molecule has 332 valence electrons. The van der Waals surface area contributed by atoms with E-state index in [1.54, 1.807) is 83.8 Å². The lowest BCUT2D eigenvalue weighted by atomic mass is 9.85. The van der Waals surface area contributed by atoms with E-state index in [-0.39, 0.29) is 49.2 Å². The number of thiophene rings is 1. The number of phenolic OH excluding ortho intramolecular Hbond substituents is 1. The molecule has 0 saturated carbocycles. The minimum absolute atomic E-state index is 0.150. The summed E-state index contributed by atoms with van der Waals surface area (Å²) in [5, 5.41) is 25.8. The number of rotatable bonds is 20. The number of fused-ring (bicyclic) bond motifs is 1. The Morgan fingerprint density at radius 2 is 1.52 bits per heavy atom. The van der Waals surface area contributed by atoms with Crippen LogP contribution in [0.5, 0.6) is 23.0 Å². The number of phenols is 1. The predicted octanol–water partition coefficient (Wildman–Crippen LogP) is 7.90. The number of hydrogen-bond acceptors (Lipinski definition) is 11. The van der Waals surface area contributed by atoms with Gasteiger partial charge in [-0.25, -0.2) is 4.39 Å². The van der Waals surface area contributed by atoms with Gasteiger partial charge in [-0.2, -0.15) is 5.26 Å². The highest BCUT2D eigenvalue weighted by Crippen LogP contribution is 2.47. The molecule has 6 rings (SSSR count). The number of carbonyl (C=O) groups is 3. The average molecular weight is 881 g/mol. The number of hydrogen-bond donors (Lipinski definition) is 3. The molecule has 0 spiro atoms. The lowest BCUT2D eigenvalue weighted by Gasteiger charge is -2.35. The molecule has 1 fully saturated rings. The van der Waals surface area contributed by atoms with Crippen LogP contribution in [-0.2, 0) is 28.6 Å². The van der Waals surface area contributed by atoms with Crippen LogP contribution < -0.4 is 20.1 Å². The fraction of sp³-hybridized carbons (Fsp3) is 0.375. The van der Waals surface area contributed by atoms with Crippen LogP contribution in [0.15, 0.2) is 91.0 Å². The van der Waals surface area contributed by atoms with Crippen LogP contribution >= 0.6 is 11.3 Å². The molecule has 0 bridgehead atoms. The van der Waals surface area contributed by atoms with Crippen molar-refractivity contribution in [2.75, 3.05) is 52.8 Å². The topological polar surface area (TPSA) is 169 Å². The normalized spacial score (nSPS) is 14.8. The first-order valence-electron chi connectivity index (χ1n) is 20.9. The highest BCUT2D eigenvalue weighted by Gasteiger charge is 2.42. The monoisotopic (exact) mass is 880 g/mol. The number of halogens is 1. The molecule has 5 aromatic rings. The third kappa shape index (κ3) is 12.8. The van der Waals surface area contributed by atoms with E-state index in [1.807, 2.05) is 27.7 Å². The quantitative estimate of drug-likeness (QED) is 0.0654. The second-order valence-electron chi connectivity index (χ2n) is 16.2. The van der Waals surface area contributed by atoms with Crippen molar-refractivity contribution >= 4 is 39.1 Å². The van der Waals surface area contributed by atoms with Crippen molar-refractivity contribution in [2.45, 2.75) is 58.7 Å². The number of nitriles is 1. The van der Waals surface area contributed by atoms with Crippen LogP contribution in [0.1, 0.15) is 57.7 Å². The number of ether oxygens (including phenoxy) is 5. The molecule has 1 unspecified atom stereocenters. The van der Waals surface area contributed by atoms with Crippen molar-refractivity contribution in [3.63, 3.8) is 0 Å². The number of carbonyl (C=O) groups excluding carboxylic acids is 3. The van der Waals surface area contributed by atoms with Crippen LogP contribution in [0.4, 0.5) is 4.39 Å². The van der Waals surface area contributed by atoms with Crippen LogP contribution in [-0.4, -0.2) is 92.6 Å². The summed E-state index contributed by atoms with van der Waals surface area (Å²) in [6.45, 7) is 9.29. The minimum Gasteiger partial charge on any atom is -0.508 e. The van der Waals surface area contributed by atoms with E-state index < -0.39 is 23.4 Å². The maximum atomic E-state index is 13.8. The van der Waals surface area contributed by atoms with Crippen LogP contribution in [0, 0.1) is 22.6 Å². The molecule has 2 heterocycles. The number of nitrogens with zero attached hydrogens (tertiary/aromatic N) is 2. The fourth-order valence-electron chi connectivity index (χ4n) is 7.06. The molecule has 63 heavy (non-hydrogen) atoms. The fourth-order valence-corrected chi connectivity index (χ4v) is 8.23. The average Bonchev–Trinajstić information content (AvgIpc) is 3.90. The molecule has 3 N–H and O–H groups in total. The molecule has 3 atom stereocenters. The van der Waals surface area contributed by atoms with Gasteiger partial charge in [-0.15, -0.1) is 11.3 Å². The van der Waals surface area contributed by atoms with Gasteiger partial charge in [0.15, 0.2) is 5.75 Å². The van der Waals surface area contributed by atoms with E-state index >= 15 is 0 Å². The molecule has 1 aliphatic rings. The van der Waals surface area contributed by atoms with Crippen LogP contribution in [0.3, 0.4) is 0 Å². The van der Waals surface area contributed by atoms with E-state index in [0.717, 1.165) is 26.1 Å². The van der Waals surface area contributed by atoms with E-state index in [1.165, 1.54) is 23.5 Å². The number of amides is 3. The van der Waals surface area contributed by atoms with E-state index in [0.29, 0.717) is 68.6 Å². The highest BCUT2D eigenvalue weighted by molar-refractivity contribution is 7.22. The third-order valence-corrected chi connectivity index (χ3v) is 11.6. The summed E-state index contributed by atoms with van der Waals surface area (Å²) in [6, 6.07) is 25.7. The Balaban J connectivity index is 0.852. The summed E-state index contributed by atoms with van der Waals surface area (Å²) in [6.07, 6.45) is 1.18. The van der Waals surface area contributed by atoms with Gasteiger partial charge in [-0.1, -0.05) is 45.0 Å². The van der Waals surface area contributed by atoms with Crippen molar-refractivity contribution in [1.82, 2.24) is 15.5 Å². The first-order chi connectivity index (χ1) is 30.3. The molecular formula is C48H53FN4O9S. The second kappa shape index (κ2) is 21.8. The smallest absolute Gasteiger partial charge is 0.246 e. The molecule has 1 saturated heterocycles. The zero-order chi connectivity index (χ0) is 44.9. The Labute approximate surface area is 370 Å². The van der Waals surface area contributed by atoms with E-state index in [9.17, 15) is 23.9 Å². The lowest BCUT2D eigenvalue weighted by Crippen LogP contribution is -2.58. The number of likely N-dealkylation sites (tertiary alicyclic amines) is 1. The van der Waals surface area contributed by atoms with Crippen molar-refractivity contribution in [3.8, 4) is 39.5 Å². The Bertz CT molecular complexity index is 2360. The first kappa shape index (κ1) is 46.5. The summed E-state index contributed by atoms with van der Waals surface area (Å²) in [7, 11) is 0. The summed E-state index contributed by atoms with van der Waals surface area (Å²) in [4.78, 5) is 42.5. The maximum Gasteiger partial charge on any atom is 0.246 e. The molecule has 1 aliphatic heterocycles. The summed E-state index contributed by atoms with van der Waals surface area (Å²) in [5.41, 5.74) is 1.55. The zero-order valence-corrected chi connectivity index (χ0v) is 36.7. The second-order valence-corrected chi connectivity index (χ2v) is 17.2. The molecule has 13 nitrogen and oxygen atoms in total. The van der Waals surface area contributed by atoms with Crippen molar-refractivity contribution in [1.29, 1.82) is 5.26 Å². The molecule has 1 aromatic heterocycles. The van der Waals surface area contributed by atoms with Crippen LogP contribution in [0.25, 0.3) is 20.5 Å². The first-order valence-corrected chi connectivity index (χ1v) is 21.7. The number of aromatic hydroxyl groups is 1. The maximum absolute atomic E-state index is 13.8. The molecule has 4 aromatic carbocycles. The van der Waals surface area contributed by atoms with Gasteiger partial charge in [0.1, 0.15) is 48.4 Å². The van der Waals surface area contributed by atoms with Gasteiger partial charge in [-0.05, 0) is 103 Å². The summed E-state index contributed by atoms with van der Waals surface area (Å²) >= 11 is 1.45. The summed E-state index contributed by atoms with van der Waals surface area (Å²) < 4.78 is 43.3. The molecule has 3 amide bonds. The Kier molecular flexibility index (Phi) is 16.1. The molecular weight excluding hydrogens is 828 g/mol. The van der Waals surface area contributed by atoms with Gasteiger partial charge in [0.25, 0.3) is 0 Å². The van der Waals surface area contributed by atoms with E-state index in [2.05, 4.69) is 16.7 Å². The van der Waals surface area contributed by atoms with Gasteiger partial charge >= 0.3 is 0 Å². The van der Waals surface area contributed by atoms with Gasteiger partial charge in [-0.3, -0.25) is 14.4 Å². The SMILES string of the molecule is C[C@H](NC(=O)[C@@H]1CCCN1C(=O)C(NC(=O)COCCOCCOCCOc1ccc(Oc2c(-c3ccc(F)cc3)sc3cc(O)ccc23)cc1)C(C)(C)C)c1ccc(C#N)cc1.